The highest BCUT2D eigenvalue weighted by atomic mass is 19.3. The fraction of sp³-hybridized carbons (Fsp3) is 0.364. The van der Waals surface area contributed by atoms with E-state index in [0.717, 1.165) is 12.1 Å². The lowest BCUT2D eigenvalue weighted by atomic mass is 10.1. The molecule has 1 rings (SSSR count). The third-order valence-corrected chi connectivity index (χ3v) is 2.25. The predicted molar refractivity (Wildman–Crippen MR) is 57.9 cm³/mol. The highest BCUT2D eigenvalue weighted by Gasteiger charge is 2.41. The maximum atomic E-state index is 12.6. The Morgan fingerprint density at radius 1 is 1.47 bits per heavy atom. The SMILES string of the molecule is COc1ccc(O)c(C(=O)NCC(F)(F)C(F)F)c1. The van der Waals surface area contributed by atoms with Crippen LogP contribution >= 0.6 is 0 Å². The molecule has 1 amide bonds. The first-order valence-corrected chi connectivity index (χ1v) is 5.09. The van der Waals surface area contributed by atoms with Gasteiger partial charge in [0.2, 0.25) is 0 Å². The van der Waals surface area contributed by atoms with Crippen molar-refractivity contribution in [3.05, 3.63) is 23.8 Å². The standard InChI is InChI=1S/C11H11F4NO3/c1-19-6-2-3-8(17)7(4-6)9(18)16-5-11(14,15)10(12)13/h2-4,10,17H,5H2,1H3,(H,16,18). The maximum Gasteiger partial charge on any atom is 0.324 e. The minimum atomic E-state index is -4.33. The van der Waals surface area contributed by atoms with E-state index in [4.69, 9.17) is 4.74 Å². The number of phenols is 1. The van der Waals surface area contributed by atoms with Gasteiger partial charge in [-0.1, -0.05) is 0 Å². The van der Waals surface area contributed by atoms with Gasteiger partial charge >= 0.3 is 12.3 Å². The zero-order chi connectivity index (χ0) is 14.6. The van der Waals surface area contributed by atoms with Crippen molar-refractivity contribution >= 4 is 5.91 Å². The number of carbonyl (C=O) groups is 1. The summed E-state index contributed by atoms with van der Waals surface area (Å²) in [6.45, 7) is -1.53. The lowest BCUT2D eigenvalue weighted by Gasteiger charge is -2.16. The minimum Gasteiger partial charge on any atom is -0.507 e. The molecule has 0 aliphatic heterocycles. The Bertz CT molecular complexity index is 465. The van der Waals surface area contributed by atoms with Crippen molar-refractivity contribution < 1.29 is 32.2 Å². The summed E-state index contributed by atoms with van der Waals surface area (Å²) in [5, 5.41) is 11.0. The number of methoxy groups -OCH3 is 1. The second-order valence-electron chi connectivity index (χ2n) is 3.63. The van der Waals surface area contributed by atoms with Gasteiger partial charge in [0.05, 0.1) is 19.2 Å². The number of alkyl halides is 4. The molecule has 0 bridgehead atoms. The molecule has 0 aromatic heterocycles. The van der Waals surface area contributed by atoms with Crippen molar-refractivity contribution in [2.75, 3.05) is 13.7 Å². The van der Waals surface area contributed by atoms with Crippen LogP contribution in [0.1, 0.15) is 10.4 Å². The van der Waals surface area contributed by atoms with E-state index < -0.39 is 30.5 Å². The third kappa shape index (κ3) is 3.73. The Balaban J connectivity index is 2.79. The van der Waals surface area contributed by atoms with Crippen LogP contribution in [0, 0.1) is 0 Å². The molecule has 0 unspecified atom stereocenters. The molecule has 0 saturated carbocycles. The summed E-state index contributed by atoms with van der Waals surface area (Å²) in [7, 11) is 1.30. The predicted octanol–water partition coefficient (Wildman–Crippen LogP) is 2.03. The molecule has 106 valence electrons. The molecular formula is C11H11F4NO3. The lowest BCUT2D eigenvalue weighted by molar-refractivity contribution is -0.123. The molecule has 4 nitrogen and oxygen atoms in total. The Kier molecular flexibility index (Phi) is 4.57. The molecule has 0 atom stereocenters. The van der Waals surface area contributed by atoms with Crippen molar-refractivity contribution in [3.63, 3.8) is 0 Å². The summed E-state index contributed by atoms with van der Waals surface area (Å²) in [4.78, 5) is 11.5. The largest absolute Gasteiger partial charge is 0.507 e. The number of hydrogen-bond acceptors (Lipinski definition) is 3. The first-order chi connectivity index (χ1) is 8.77. The molecule has 8 heteroatoms. The average molecular weight is 281 g/mol. The molecule has 0 heterocycles. The van der Waals surface area contributed by atoms with Crippen LogP contribution in [0.4, 0.5) is 17.6 Å². The number of hydrogen-bond donors (Lipinski definition) is 2. The van der Waals surface area contributed by atoms with Crippen LogP contribution < -0.4 is 10.1 Å². The molecule has 1 aromatic carbocycles. The van der Waals surface area contributed by atoms with Crippen molar-refractivity contribution in [1.29, 1.82) is 0 Å². The maximum absolute atomic E-state index is 12.6. The van der Waals surface area contributed by atoms with E-state index in [9.17, 15) is 27.5 Å². The topological polar surface area (TPSA) is 58.6 Å². The number of benzene rings is 1. The Morgan fingerprint density at radius 3 is 2.63 bits per heavy atom. The lowest BCUT2D eigenvalue weighted by Crippen LogP contribution is -2.41. The first kappa shape index (κ1) is 15.1. The summed E-state index contributed by atoms with van der Waals surface area (Å²) < 4.78 is 53.8. The molecule has 0 aliphatic carbocycles. The van der Waals surface area contributed by atoms with Gasteiger partial charge in [-0.2, -0.15) is 8.78 Å². The summed E-state index contributed by atoms with van der Waals surface area (Å²) in [6, 6.07) is 3.57. The molecule has 0 fully saturated rings. The second-order valence-corrected chi connectivity index (χ2v) is 3.63. The Hall–Kier alpha value is -1.99. The molecular weight excluding hydrogens is 270 g/mol. The Labute approximate surface area is 106 Å². The number of halogens is 4. The molecule has 0 saturated heterocycles. The average Bonchev–Trinajstić information content (AvgIpc) is 2.36. The summed E-state index contributed by atoms with van der Waals surface area (Å²) in [5.41, 5.74) is -0.343. The van der Waals surface area contributed by atoms with Gasteiger partial charge in [0.1, 0.15) is 11.5 Å². The van der Waals surface area contributed by atoms with Gasteiger partial charge in [-0.25, -0.2) is 8.78 Å². The summed E-state index contributed by atoms with van der Waals surface area (Å²) in [6.07, 6.45) is -3.88. The van der Waals surface area contributed by atoms with Crippen molar-refractivity contribution in [3.8, 4) is 11.5 Å². The number of carbonyl (C=O) groups excluding carboxylic acids is 1. The third-order valence-electron chi connectivity index (χ3n) is 2.25. The van der Waals surface area contributed by atoms with E-state index in [1.165, 1.54) is 13.2 Å². The highest BCUT2D eigenvalue weighted by molar-refractivity contribution is 5.97. The van der Waals surface area contributed by atoms with E-state index in [1.807, 2.05) is 0 Å². The van der Waals surface area contributed by atoms with Gasteiger partial charge in [-0.15, -0.1) is 0 Å². The van der Waals surface area contributed by atoms with Crippen LogP contribution in [-0.2, 0) is 0 Å². The Morgan fingerprint density at radius 2 is 2.11 bits per heavy atom. The van der Waals surface area contributed by atoms with E-state index in [1.54, 1.807) is 5.32 Å². The zero-order valence-electron chi connectivity index (χ0n) is 9.79. The highest BCUT2D eigenvalue weighted by Crippen LogP contribution is 2.24. The van der Waals surface area contributed by atoms with E-state index >= 15 is 0 Å². The summed E-state index contributed by atoms with van der Waals surface area (Å²) >= 11 is 0. The van der Waals surface area contributed by atoms with Gasteiger partial charge < -0.3 is 15.2 Å². The van der Waals surface area contributed by atoms with Crippen LogP contribution in [0.2, 0.25) is 0 Å². The molecule has 19 heavy (non-hydrogen) atoms. The van der Waals surface area contributed by atoms with Crippen LogP contribution in [0.5, 0.6) is 11.5 Å². The fourth-order valence-electron chi connectivity index (χ4n) is 1.19. The number of aromatic hydroxyl groups is 1. The van der Waals surface area contributed by atoms with Crippen LogP contribution in [0.25, 0.3) is 0 Å². The van der Waals surface area contributed by atoms with Crippen molar-refractivity contribution in [1.82, 2.24) is 5.32 Å². The van der Waals surface area contributed by atoms with Gasteiger partial charge in [0.15, 0.2) is 0 Å². The first-order valence-electron chi connectivity index (χ1n) is 5.09. The quantitative estimate of drug-likeness (QED) is 0.812. The zero-order valence-corrected chi connectivity index (χ0v) is 9.79. The molecule has 2 N–H and O–H groups in total. The summed E-state index contributed by atoms with van der Waals surface area (Å²) in [5.74, 6) is -5.69. The fourth-order valence-corrected chi connectivity index (χ4v) is 1.19. The van der Waals surface area contributed by atoms with E-state index in [2.05, 4.69) is 0 Å². The van der Waals surface area contributed by atoms with E-state index in [0.29, 0.717) is 0 Å². The van der Waals surface area contributed by atoms with Gasteiger partial charge in [-0.05, 0) is 18.2 Å². The normalized spacial score (nSPS) is 11.5. The molecule has 0 aliphatic rings. The van der Waals surface area contributed by atoms with E-state index in [-0.39, 0.29) is 11.3 Å². The minimum absolute atomic E-state index is 0.212. The van der Waals surface area contributed by atoms with Crippen molar-refractivity contribution in [2.24, 2.45) is 0 Å². The monoisotopic (exact) mass is 281 g/mol. The van der Waals surface area contributed by atoms with Crippen LogP contribution in [-0.4, -0.2) is 37.0 Å². The number of ether oxygens (including phenoxy) is 1. The van der Waals surface area contributed by atoms with Crippen LogP contribution in [0.3, 0.4) is 0 Å². The van der Waals surface area contributed by atoms with Crippen LogP contribution in [0.15, 0.2) is 18.2 Å². The van der Waals surface area contributed by atoms with Gasteiger partial charge in [0, 0.05) is 0 Å². The molecule has 0 radical (unpaired) electrons. The number of nitrogens with one attached hydrogen (secondary N) is 1. The van der Waals surface area contributed by atoms with Gasteiger partial charge in [-0.3, -0.25) is 4.79 Å². The number of rotatable bonds is 5. The second kappa shape index (κ2) is 5.77. The van der Waals surface area contributed by atoms with Gasteiger partial charge in [0.25, 0.3) is 5.91 Å². The molecule has 1 aromatic rings. The smallest absolute Gasteiger partial charge is 0.324 e. The number of amides is 1. The number of phenolic OH excluding ortho intramolecular Hbond substituents is 1. The van der Waals surface area contributed by atoms with Crippen molar-refractivity contribution in [2.45, 2.75) is 12.3 Å². The molecule has 0 spiro atoms.